The normalized spacial score (nSPS) is 16.2. The van der Waals surface area contributed by atoms with Crippen molar-refractivity contribution in [3.05, 3.63) is 29.8 Å². The zero-order valence-electron chi connectivity index (χ0n) is 15.7. The smallest absolute Gasteiger partial charge is 0.321 e. The van der Waals surface area contributed by atoms with E-state index in [0.29, 0.717) is 12.6 Å². The fraction of sp³-hybridized carbons (Fsp3) is 0.529. The summed E-state index contributed by atoms with van der Waals surface area (Å²) in [7, 11) is -4.10. The summed E-state index contributed by atoms with van der Waals surface area (Å²) in [6.45, 7) is 4.80. The Morgan fingerprint density at radius 2 is 1.79 bits per heavy atom. The molecule has 0 atom stereocenters. The van der Waals surface area contributed by atoms with Crippen LogP contribution in [0.2, 0.25) is 0 Å². The molecule has 28 heavy (non-hydrogen) atoms. The number of hydrogen-bond donors (Lipinski definition) is 2. The Hall–Kier alpha value is -2.11. The van der Waals surface area contributed by atoms with Gasteiger partial charge in [0.2, 0.25) is 15.9 Å². The van der Waals surface area contributed by atoms with Crippen LogP contribution < -0.4 is 10.6 Å². The maximum Gasteiger partial charge on any atom is 0.321 e. The number of piperazine rings is 1. The van der Waals surface area contributed by atoms with Crippen molar-refractivity contribution >= 4 is 22.0 Å². The number of imide groups is 1. The minimum atomic E-state index is -4.10. The van der Waals surface area contributed by atoms with Crippen LogP contribution in [0.5, 0.6) is 0 Å². The van der Waals surface area contributed by atoms with Crippen molar-refractivity contribution in [2.45, 2.75) is 18.7 Å². The van der Waals surface area contributed by atoms with Crippen LogP contribution in [0.4, 0.5) is 13.6 Å². The van der Waals surface area contributed by atoms with Gasteiger partial charge in [-0.3, -0.25) is 15.0 Å². The molecule has 1 aromatic carbocycles. The third kappa shape index (κ3) is 5.94. The van der Waals surface area contributed by atoms with E-state index in [4.69, 9.17) is 0 Å². The molecule has 3 amide bonds. The fourth-order valence-corrected chi connectivity index (χ4v) is 4.13. The standard InChI is InChI=1S/C17H24F2N4O4S/c1-12(2)10-20-17(25)21-16(24)11-22-5-7-23(8-6-22)28(26,27)15-4-3-13(18)9-14(15)19/h3-4,9,12H,5-8,10-11H2,1-2H3,(H2,20,21,24,25). The van der Waals surface area contributed by atoms with E-state index >= 15 is 0 Å². The van der Waals surface area contributed by atoms with Gasteiger partial charge < -0.3 is 5.32 Å². The number of carbonyl (C=O) groups excluding carboxylic acids is 2. The second-order valence-electron chi connectivity index (χ2n) is 6.91. The lowest BCUT2D eigenvalue weighted by Crippen LogP contribution is -2.52. The first-order valence-electron chi connectivity index (χ1n) is 8.85. The minimum Gasteiger partial charge on any atom is -0.338 e. The highest BCUT2D eigenvalue weighted by Gasteiger charge is 2.31. The summed E-state index contributed by atoms with van der Waals surface area (Å²) in [6.07, 6.45) is 0. The lowest BCUT2D eigenvalue weighted by molar-refractivity contribution is -0.121. The molecule has 0 unspecified atom stereocenters. The van der Waals surface area contributed by atoms with Gasteiger partial charge in [-0.1, -0.05) is 13.8 Å². The van der Waals surface area contributed by atoms with Gasteiger partial charge in [0.25, 0.3) is 0 Å². The molecule has 8 nitrogen and oxygen atoms in total. The van der Waals surface area contributed by atoms with Crippen molar-refractivity contribution in [2.75, 3.05) is 39.3 Å². The maximum absolute atomic E-state index is 13.8. The van der Waals surface area contributed by atoms with Gasteiger partial charge in [0, 0.05) is 38.8 Å². The number of halogens is 2. The van der Waals surface area contributed by atoms with E-state index in [9.17, 15) is 26.8 Å². The fourth-order valence-electron chi connectivity index (χ4n) is 2.66. The van der Waals surface area contributed by atoms with Crippen molar-refractivity contribution in [3.63, 3.8) is 0 Å². The van der Waals surface area contributed by atoms with E-state index in [1.807, 2.05) is 13.8 Å². The molecule has 1 aromatic rings. The molecule has 2 N–H and O–H groups in total. The van der Waals surface area contributed by atoms with E-state index in [0.717, 1.165) is 16.4 Å². The first kappa shape index (κ1) is 22.2. The zero-order valence-corrected chi connectivity index (χ0v) is 16.6. The van der Waals surface area contributed by atoms with E-state index in [2.05, 4.69) is 10.6 Å². The van der Waals surface area contributed by atoms with Crippen LogP contribution >= 0.6 is 0 Å². The Morgan fingerprint density at radius 3 is 2.36 bits per heavy atom. The Morgan fingerprint density at radius 1 is 1.14 bits per heavy atom. The number of hydrogen-bond acceptors (Lipinski definition) is 5. The van der Waals surface area contributed by atoms with Gasteiger partial charge in [-0.15, -0.1) is 0 Å². The average molecular weight is 418 g/mol. The summed E-state index contributed by atoms with van der Waals surface area (Å²) in [5.74, 6) is -2.25. The number of benzene rings is 1. The van der Waals surface area contributed by atoms with Crippen LogP contribution in [0.3, 0.4) is 0 Å². The van der Waals surface area contributed by atoms with Crippen LogP contribution in [-0.4, -0.2) is 68.8 Å². The molecule has 0 bridgehead atoms. The van der Waals surface area contributed by atoms with Gasteiger partial charge in [0.1, 0.15) is 16.5 Å². The molecule has 156 valence electrons. The van der Waals surface area contributed by atoms with Crippen LogP contribution in [0, 0.1) is 17.6 Å². The van der Waals surface area contributed by atoms with E-state index < -0.39 is 38.5 Å². The van der Waals surface area contributed by atoms with Crippen molar-refractivity contribution in [1.29, 1.82) is 0 Å². The number of nitrogens with one attached hydrogen (secondary N) is 2. The second kappa shape index (κ2) is 9.39. The third-order valence-electron chi connectivity index (χ3n) is 4.13. The topological polar surface area (TPSA) is 98.8 Å². The van der Waals surface area contributed by atoms with E-state index in [1.54, 1.807) is 4.90 Å². The average Bonchev–Trinajstić information content (AvgIpc) is 2.60. The van der Waals surface area contributed by atoms with Crippen molar-refractivity contribution in [2.24, 2.45) is 5.92 Å². The quantitative estimate of drug-likeness (QED) is 0.711. The number of amides is 3. The number of sulfonamides is 1. The molecular formula is C17H24F2N4O4S. The molecule has 1 fully saturated rings. The second-order valence-corrected chi connectivity index (χ2v) is 8.81. The molecule has 1 saturated heterocycles. The lowest BCUT2D eigenvalue weighted by Gasteiger charge is -2.33. The summed E-state index contributed by atoms with van der Waals surface area (Å²) in [5, 5.41) is 4.78. The van der Waals surface area contributed by atoms with Gasteiger partial charge in [-0.05, 0) is 18.1 Å². The first-order chi connectivity index (χ1) is 13.1. The highest BCUT2D eigenvalue weighted by atomic mass is 32.2. The Bertz CT molecular complexity index is 824. The van der Waals surface area contributed by atoms with Crippen molar-refractivity contribution in [1.82, 2.24) is 19.8 Å². The highest BCUT2D eigenvalue weighted by molar-refractivity contribution is 7.89. The highest BCUT2D eigenvalue weighted by Crippen LogP contribution is 2.21. The summed E-state index contributed by atoms with van der Waals surface area (Å²) in [6, 6.07) is 1.74. The molecule has 0 aromatic heterocycles. The molecule has 0 aliphatic carbocycles. The zero-order chi connectivity index (χ0) is 20.9. The molecule has 1 heterocycles. The number of carbonyl (C=O) groups is 2. The number of nitrogens with zero attached hydrogens (tertiary/aromatic N) is 2. The number of rotatable bonds is 6. The van der Waals surface area contributed by atoms with Crippen LogP contribution in [0.25, 0.3) is 0 Å². The lowest BCUT2D eigenvalue weighted by atomic mass is 10.2. The summed E-state index contributed by atoms with van der Waals surface area (Å²) < 4.78 is 53.0. The molecule has 1 aliphatic rings. The van der Waals surface area contributed by atoms with Crippen molar-refractivity contribution < 1.29 is 26.8 Å². The van der Waals surface area contributed by atoms with Crippen molar-refractivity contribution in [3.8, 4) is 0 Å². The van der Waals surface area contributed by atoms with Gasteiger partial charge in [-0.25, -0.2) is 22.0 Å². The Kier molecular flexibility index (Phi) is 7.44. The molecule has 0 radical (unpaired) electrons. The largest absolute Gasteiger partial charge is 0.338 e. The molecule has 0 spiro atoms. The molecule has 0 saturated carbocycles. The molecule has 11 heteroatoms. The van der Waals surface area contributed by atoms with Crippen LogP contribution in [-0.2, 0) is 14.8 Å². The van der Waals surface area contributed by atoms with Gasteiger partial charge in [0.05, 0.1) is 6.54 Å². The van der Waals surface area contributed by atoms with E-state index in [-0.39, 0.29) is 38.6 Å². The van der Waals surface area contributed by atoms with Crippen LogP contribution in [0.1, 0.15) is 13.8 Å². The first-order valence-corrected chi connectivity index (χ1v) is 10.3. The monoisotopic (exact) mass is 418 g/mol. The molecule has 1 aliphatic heterocycles. The van der Waals surface area contributed by atoms with Crippen LogP contribution in [0.15, 0.2) is 23.1 Å². The predicted molar refractivity (Wildman–Crippen MR) is 97.9 cm³/mol. The summed E-state index contributed by atoms with van der Waals surface area (Å²) >= 11 is 0. The maximum atomic E-state index is 13.8. The summed E-state index contributed by atoms with van der Waals surface area (Å²) in [5.41, 5.74) is 0. The molecular weight excluding hydrogens is 394 g/mol. The predicted octanol–water partition coefficient (Wildman–Crippen LogP) is 0.753. The number of urea groups is 1. The van der Waals surface area contributed by atoms with E-state index in [1.165, 1.54) is 0 Å². The van der Waals surface area contributed by atoms with Gasteiger partial charge >= 0.3 is 6.03 Å². The Balaban J connectivity index is 1.86. The Labute approximate surface area is 162 Å². The minimum absolute atomic E-state index is 0.0476. The molecule has 2 rings (SSSR count). The van der Waals surface area contributed by atoms with Gasteiger partial charge in [-0.2, -0.15) is 4.31 Å². The summed E-state index contributed by atoms with van der Waals surface area (Å²) in [4.78, 5) is 24.6. The third-order valence-corrected chi connectivity index (χ3v) is 6.07. The van der Waals surface area contributed by atoms with Gasteiger partial charge in [0.15, 0.2) is 0 Å². The SMILES string of the molecule is CC(C)CNC(=O)NC(=O)CN1CCN(S(=O)(=O)c2ccc(F)cc2F)CC1.